The van der Waals surface area contributed by atoms with Crippen molar-refractivity contribution in [2.24, 2.45) is 0 Å². The molecule has 0 heterocycles. The first kappa shape index (κ1) is 14.6. The summed E-state index contributed by atoms with van der Waals surface area (Å²) in [6.45, 7) is 0.929. The monoisotopic (exact) mass is 254 g/mol. The number of aliphatic hydroxyl groups excluding tert-OH is 1. The summed E-state index contributed by atoms with van der Waals surface area (Å²) in [6, 6.07) is 5.58. The second-order valence-corrected chi connectivity index (χ2v) is 4.08. The van der Waals surface area contributed by atoms with E-state index >= 15 is 0 Å². The first-order valence-corrected chi connectivity index (χ1v) is 5.98. The summed E-state index contributed by atoms with van der Waals surface area (Å²) in [5, 5.41) is 15.4. The minimum Gasteiger partial charge on any atom is -0.387 e. The Kier molecular flexibility index (Phi) is 6.32. The van der Waals surface area contributed by atoms with Gasteiger partial charge in [-0.2, -0.15) is 0 Å². The van der Waals surface area contributed by atoms with E-state index in [1.807, 2.05) is 7.05 Å². The molecule has 4 nitrogen and oxygen atoms in total. The molecule has 1 unspecified atom stereocenters. The molecule has 1 aromatic carbocycles. The lowest BCUT2D eigenvalue weighted by molar-refractivity contribution is -0.121. The van der Waals surface area contributed by atoms with Gasteiger partial charge in [0.15, 0.2) is 0 Å². The SMILES string of the molecule is CNCCCC(=O)NCC(O)c1ccc(F)cc1. The quantitative estimate of drug-likeness (QED) is 0.636. The molecule has 0 aliphatic rings. The largest absolute Gasteiger partial charge is 0.387 e. The summed E-state index contributed by atoms with van der Waals surface area (Å²) in [5.41, 5.74) is 0.590. The topological polar surface area (TPSA) is 61.4 Å². The van der Waals surface area contributed by atoms with Gasteiger partial charge in [0.1, 0.15) is 5.82 Å². The molecule has 0 fully saturated rings. The maximum absolute atomic E-state index is 12.7. The molecule has 0 bridgehead atoms. The number of benzene rings is 1. The summed E-state index contributed by atoms with van der Waals surface area (Å²) < 4.78 is 12.7. The minimum atomic E-state index is -0.807. The van der Waals surface area contributed by atoms with Crippen LogP contribution in [0.5, 0.6) is 0 Å². The van der Waals surface area contributed by atoms with Crippen molar-refractivity contribution < 1.29 is 14.3 Å². The van der Waals surface area contributed by atoms with Gasteiger partial charge in [-0.05, 0) is 37.7 Å². The van der Waals surface area contributed by atoms with Gasteiger partial charge in [0.05, 0.1) is 6.10 Å². The predicted molar refractivity (Wildman–Crippen MR) is 67.5 cm³/mol. The smallest absolute Gasteiger partial charge is 0.220 e. The van der Waals surface area contributed by atoms with E-state index in [1.165, 1.54) is 24.3 Å². The van der Waals surface area contributed by atoms with Gasteiger partial charge in [0.25, 0.3) is 0 Å². The van der Waals surface area contributed by atoms with Crippen molar-refractivity contribution in [3.8, 4) is 0 Å². The van der Waals surface area contributed by atoms with Crippen LogP contribution in [0.15, 0.2) is 24.3 Å². The van der Waals surface area contributed by atoms with Crippen molar-refractivity contribution in [3.63, 3.8) is 0 Å². The van der Waals surface area contributed by atoms with E-state index in [4.69, 9.17) is 0 Å². The molecule has 1 amide bonds. The van der Waals surface area contributed by atoms with Crippen LogP contribution < -0.4 is 10.6 Å². The Balaban J connectivity index is 2.30. The van der Waals surface area contributed by atoms with Crippen molar-refractivity contribution in [2.75, 3.05) is 20.1 Å². The number of rotatable bonds is 7. The van der Waals surface area contributed by atoms with E-state index in [2.05, 4.69) is 10.6 Å². The molecule has 0 aliphatic carbocycles. The summed E-state index contributed by atoms with van der Waals surface area (Å²) in [5.74, 6) is -0.437. The van der Waals surface area contributed by atoms with E-state index in [9.17, 15) is 14.3 Å². The second-order valence-electron chi connectivity index (χ2n) is 4.08. The number of carbonyl (C=O) groups excluding carboxylic acids is 1. The molecular formula is C13H19FN2O2. The number of carbonyl (C=O) groups is 1. The molecule has 1 aromatic rings. The third-order valence-corrected chi connectivity index (χ3v) is 2.58. The van der Waals surface area contributed by atoms with Crippen LogP contribution in [0.4, 0.5) is 4.39 Å². The van der Waals surface area contributed by atoms with Crippen LogP contribution in [0.2, 0.25) is 0 Å². The molecule has 5 heteroatoms. The van der Waals surface area contributed by atoms with Crippen LogP contribution in [0.25, 0.3) is 0 Å². The van der Waals surface area contributed by atoms with Crippen molar-refractivity contribution >= 4 is 5.91 Å². The van der Waals surface area contributed by atoms with E-state index in [-0.39, 0.29) is 18.3 Å². The number of nitrogens with one attached hydrogen (secondary N) is 2. The van der Waals surface area contributed by atoms with Crippen LogP contribution in [0, 0.1) is 5.82 Å². The molecule has 100 valence electrons. The summed E-state index contributed by atoms with van der Waals surface area (Å²) in [7, 11) is 1.83. The van der Waals surface area contributed by atoms with E-state index in [0.29, 0.717) is 12.0 Å². The number of halogens is 1. The minimum absolute atomic E-state index is 0.0913. The zero-order valence-corrected chi connectivity index (χ0v) is 10.4. The molecule has 1 rings (SSSR count). The van der Waals surface area contributed by atoms with Crippen molar-refractivity contribution in [1.29, 1.82) is 0 Å². The first-order chi connectivity index (χ1) is 8.63. The third-order valence-electron chi connectivity index (χ3n) is 2.58. The highest BCUT2D eigenvalue weighted by molar-refractivity contribution is 5.75. The Morgan fingerprint density at radius 1 is 1.39 bits per heavy atom. The fourth-order valence-electron chi connectivity index (χ4n) is 1.53. The van der Waals surface area contributed by atoms with Gasteiger partial charge in [-0.15, -0.1) is 0 Å². The zero-order chi connectivity index (χ0) is 13.4. The lowest BCUT2D eigenvalue weighted by atomic mass is 10.1. The summed E-state index contributed by atoms with van der Waals surface area (Å²) in [6.07, 6.45) is 0.380. The zero-order valence-electron chi connectivity index (χ0n) is 10.4. The average Bonchev–Trinajstić information content (AvgIpc) is 2.37. The maximum atomic E-state index is 12.7. The fourth-order valence-corrected chi connectivity index (χ4v) is 1.53. The summed E-state index contributed by atoms with van der Waals surface area (Å²) >= 11 is 0. The van der Waals surface area contributed by atoms with Crippen LogP contribution >= 0.6 is 0 Å². The summed E-state index contributed by atoms with van der Waals surface area (Å²) in [4.78, 5) is 11.4. The third kappa shape index (κ3) is 5.25. The van der Waals surface area contributed by atoms with Gasteiger partial charge in [0.2, 0.25) is 5.91 Å². The first-order valence-electron chi connectivity index (χ1n) is 5.98. The van der Waals surface area contributed by atoms with Gasteiger partial charge in [0, 0.05) is 13.0 Å². The molecule has 0 saturated carbocycles. The van der Waals surface area contributed by atoms with Crippen LogP contribution in [-0.4, -0.2) is 31.2 Å². The molecule has 18 heavy (non-hydrogen) atoms. The Hall–Kier alpha value is -1.46. The number of hydrogen-bond acceptors (Lipinski definition) is 3. The normalized spacial score (nSPS) is 12.2. The lowest BCUT2D eigenvalue weighted by Gasteiger charge is -2.12. The van der Waals surface area contributed by atoms with Gasteiger partial charge < -0.3 is 15.7 Å². The molecule has 0 aliphatic heterocycles. The maximum Gasteiger partial charge on any atom is 0.220 e. The Bertz CT molecular complexity index is 368. The molecule has 0 spiro atoms. The van der Waals surface area contributed by atoms with Crippen molar-refractivity contribution in [3.05, 3.63) is 35.6 Å². The Labute approximate surface area is 106 Å². The van der Waals surface area contributed by atoms with E-state index < -0.39 is 6.10 Å². The van der Waals surface area contributed by atoms with Crippen molar-refractivity contribution in [1.82, 2.24) is 10.6 Å². The molecule has 0 radical (unpaired) electrons. The van der Waals surface area contributed by atoms with Crippen LogP contribution in [-0.2, 0) is 4.79 Å². The van der Waals surface area contributed by atoms with Crippen molar-refractivity contribution in [2.45, 2.75) is 18.9 Å². The van der Waals surface area contributed by atoms with E-state index in [1.54, 1.807) is 0 Å². The van der Waals surface area contributed by atoms with Crippen LogP contribution in [0.3, 0.4) is 0 Å². The number of amides is 1. The highest BCUT2D eigenvalue weighted by atomic mass is 19.1. The molecular weight excluding hydrogens is 235 g/mol. The highest BCUT2D eigenvalue weighted by Gasteiger charge is 2.09. The standard InChI is InChI=1S/C13H19FN2O2/c1-15-8-2-3-13(18)16-9-12(17)10-4-6-11(14)7-5-10/h4-7,12,15,17H,2-3,8-9H2,1H3,(H,16,18). The second kappa shape index (κ2) is 7.79. The van der Waals surface area contributed by atoms with Gasteiger partial charge in [-0.1, -0.05) is 12.1 Å². The van der Waals surface area contributed by atoms with Gasteiger partial charge in [-0.25, -0.2) is 4.39 Å². The van der Waals surface area contributed by atoms with Gasteiger partial charge in [-0.3, -0.25) is 4.79 Å². The number of aliphatic hydroxyl groups is 1. The molecule has 3 N–H and O–H groups in total. The number of hydrogen-bond donors (Lipinski definition) is 3. The average molecular weight is 254 g/mol. The van der Waals surface area contributed by atoms with Gasteiger partial charge >= 0.3 is 0 Å². The lowest BCUT2D eigenvalue weighted by Crippen LogP contribution is -2.28. The Morgan fingerprint density at radius 2 is 2.06 bits per heavy atom. The highest BCUT2D eigenvalue weighted by Crippen LogP contribution is 2.12. The van der Waals surface area contributed by atoms with E-state index in [0.717, 1.165) is 13.0 Å². The molecule has 0 saturated heterocycles. The predicted octanol–water partition coefficient (Wildman–Crippen LogP) is 0.975. The fraction of sp³-hybridized carbons (Fsp3) is 0.462. The molecule has 0 aromatic heterocycles. The molecule has 1 atom stereocenters. The van der Waals surface area contributed by atoms with Crippen LogP contribution in [0.1, 0.15) is 24.5 Å². The Morgan fingerprint density at radius 3 is 2.67 bits per heavy atom.